The number of benzene rings is 1. The molecule has 7 nitrogen and oxygen atoms in total. The first-order valence-corrected chi connectivity index (χ1v) is 14.2. The van der Waals surface area contributed by atoms with Crippen LogP contribution in [0.4, 0.5) is 0 Å². The smallest absolute Gasteiger partial charge is 0.228 e. The third kappa shape index (κ3) is 7.33. The van der Waals surface area contributed by atoms with Crippen LogP contribution in [0.15, 0.2) is 44.0 Å². The van der Waals surface area contributed by atoms with E-state index in [2.05, 4.69) is 33.0 Å². The fraction of sp³-hybridized carbons (Fsp3) is 0.562. The third-order valence-corrected chi connectivity index (χ3v) is 7.82. The first-order valence-electron chi connectivity index (χ1n) is 14.2. The van der Waals surface area contributed by atoms with Gasteiger partial charge in [-0.2, -0.15) is 0 Å². The topological polar surface area (TPSA) is 90.9 Å². The van der Waals surface area contributed by atoms with Gasteiger partial charge in [0.15, 0.2) is 5.58 Å². The van der Waals surface area contributed by atoms with Crippen molar-refractivity contribution in [1.82, 2.24) is 5.32 Å². The van der Waals surface area contributed by atoms with Gasteiger partial charge in [0, 0.05) is 24.8 Å². The van der Waals surface area contributed by atoms with Crippen LogP contribution < -0.4 is 15.5 Å². The largest absolute Gasteiger partial charge is 0.497 e. The summed E-state index contributed by atoms with van der Waals surface area (Å²) in [5, 5.41) is 3.14. The molecule has 212 valence electrons. The quantitative estimate of drug-likeness (QED) is 0.294. The van der Waals surface area contributed by atoms with E-state index in [1.54, 1.807) is 14.0 Å². The van der Waals surface area contributed by atoms with E-state index in [0.29, 0.717) is 52.7 Å². The minimum absolute atomic E-state index is 0.0573. The summed E-state index contributed by atoms with van der Waals surface area (Å²) in [5.74, 6) is 3.32. The number of furan rings is 1. The van der Waals surface area contributed by atoms with Crippen molar-refractivity contribution in [2.75, 3.05) is 20.3 Å². The molecule has 0 radical (unpaired) electrons. The molecular weight excluding hydrogens is 494 g/mol. The van der Waals surface area contributed by atoms with Crippen molar-refractivity contribution in [2.24, 2.45) is 17.8 Å². The number of methoxy groups -OCH3 is 1. The van der Waals surface area contributed by atoms with Crippen LogP contribution in [0.1, 0.15) is 71.1 Å². The van der Waals surface area contributed by atoms with E-state index in [0.717, 1.165) is 37.9 Å². The minimum atomic E-state index is -0.262. The molecule has 7 heteroatoms. The summed E-state index contributed by atoms with van der Waals surface area (Å²) in [6, 6.07) is 8.75. The zero-order valence-corrected chi connectivity index (χ0v) is 24.2. The maximum Gasteiger partial charge on any atom is 0.228 e. The van der Waals surface area contributed by atoms with Crippen LogP contribution in [0.2, 0.25) is 0 Å². The van der Waals surface area contributed by atoms with E-state index in [9.17, 15) is 9.59 Å². The first-order chi connectivity index (χ1) is 18.6. The highest BCUT2D eigenvalue weighted by Crippen LogP contribution is 2.37. The van der Waals surface area contributed by atoms with Crippen LogP contribution in [-0.2, 0) is 16.0 Å². The number of nitrogens with one attached hydrogen (secondary N) is 1. The van der Waals surface area contributed by atoms with Gasteiger partial charge in [-0.1, -0.05) is 20.3 Å². The molecule has 1 aliphatic rings. The molecule has 2 unspecified atom stereocenters. The number of hydrogen-bond acceptors (Lipinski definition) is 6. The predicted octanol–water partition coefficient (Wildman–Crippen LogP) is 6.68. The lowest BCUT2D eigenvalue weighted by atomic mass is 9.75. The van der Waals surface area contributed by atoms with Crippen molar-refractivity contribution >= 4 is 17.1 Å². The van der Waals surface area contributed by atoms with E-state index >= 15 is 0 Å². The molecule has 1 aromatic carbocycles. The summed E-state index contributed by atoms with van der Waals surface area (Å²) >= 11 is 0. The summed E-state index contributed by atoms with van der Waals surface area (Å²) in [4.78, 5) is 25.9. The Hall–Kier alpha value is -3.06. The van der Waals surface area contributed by atoms with Crippen molar-refractivity contribution in [1.29, 1.82) is 0 Å². The number of hydrogen-bond donors (Lipinski definition) is 1. The third-order valence-electron chi connectivity index (χ3n) is 7.82. The molecule has 1 amide bonds. The molecule has 2 aromatic heterocycles. The fourth-order valence-corrected chi connectivity index (χ4v) is 5.76. The van der Waals surface area contributed by atoms with Gasteiger partial charge in [-0.15, -0.1) is 0 Å². The predicted molar refractivity (Wildman–Crippen MR) is 153 cm³/mol. The van der Waals surface area contributed by atoms with Gasteiger partial charge in [0.2, 0.25) is 16.9 Å². The Labute approximate surface area is 231 Å². The van der Waals surface area contributed by atoms with Crippen molar-refractivity contribution in [3.05, 3.63) is 51.9 Å². The standard InChI is InChI=1S/C32H43NO6/c1-20(2)7-8-22(24-14-16-37-32(4,5)19-24)13-15-33-28(35)18-26-29(23-9-11-25(36-6)12-10-23)39-31-27(34)17-21(3)38-30(26)31/h9-12,17,20,22,24H,7-8,13-16,18-19H2,1-6H3,(H,33,35). The molecule has 3 aromatic rings. The summed E-state index contributed by atoms with van der Waals surface area (Å²) in [6.07, 6.45) is 5.46. The molecule has 39 heavy (non-hydrogen) atoms. The molecule has 0 bridgehead atoms. The second-order valence-electron chi connectivity index (χ2n) is 11.9. The second kappa shape index (κ2) is 12.4. The molecule has 1 N–H and O–H groups in total. The second-order valence-corrected chi connectivity index (χ2v) is 11.9. The van der Waals surface area contributed by atoms with E-state index in [1.807, 2.05) is 24.3 Å². The fourth-order valence-electron chi connectivity index (χ4n) is 5.76. The lowest BCUT2D eigenvalue weighted by molar-refractivity contribution is -0.120. The van der Waals surface area contributed by atoms with E-state index in [4.69, 9.17) is 18.3 Å². The number of carbonyl (C=O) groups is 1. The number of carbonyl (C=O) groups excluding carboxylic acids is 1. The average Bonchev–Trinajstić information content (AvgIpc) is 3.23. The van der Waals surface area contributed by atoms with Crippen LogP contribution in [0.5, 0.6) is 5.75 Å². The van der Waals surface area contributed by atoms with Crippen molar-refractivity contribution < 1.29 is 23.1 Å². The Morgan fingerprint density at radius 2 is 1.85 bits per heavy atom. The molecule has 0 spiro atoms. The molecule has 1 fully saturated rings. The Bertz CT molecular complexity index is 1320. The van der Waals surface area contributed by atoms with Crippen LogP contribution in [0.3, 0.4) is 0 Å². The average molecular weight is 538 g/mol. The summed E-state index contributed by atoms with van der Waals surface area (Å²) in [6.45, 7) is 12.0. The Morgan fingerprint density at radius 1 is 1.10 bits per heavy atom. The maximum absolute atomic E-state index is 13.2. The van der Waals surface area contributed by atoms with Gasteiger partial charge in [-0.3, -0.25) is 9.59 Å². The number of aryl methyl sites for hydroxylation is 1. The highest BCUT2D eigenvalue weighted by Gasteiger charge is 2.33. The SMILES string of the molecule is COc1ccc(-c2oc3c(=O)cc(C)oc3c2CC(=O)NCCC(CCC(C)C)C2CCOC(C)(C)C2)cc1. The van der Waals surface area contributed by atoms with Crippen LogP contribution in [0.25, 0.3) is 22.5 Å². The lowest BCUT2D eigenvalue weighted by Crippen LogP contribution is -2.38. The molecule has 2 atom stereocenters. The molecule has 4 rings (SSSR count). The monoisotopic (exact) mass is 537 g/mol. The van der Waals surface area contributed by atoms with Crippen molar-refractivity contribution in [3.8, 4) is 17.1 Å². The molecular formula is C32H43NO6. The summed E-state index contributed by atoms with van der Waals surface area (Å²) in [7, 11) is 1.60. The van der Waals surface area contributed by atoms with Gasteiger partial charge in [-0.05, 0) is 88.5 Å². The van der Waals surface area contributed by atoms with Crippen LogP contribution >= 0.6 is 0 Å². The van der Waals surface area contributed by atoms with E-state index in [1.165, 1.54) is 12.5 Å². The Kier molecular flexibility index (Phi) is 9.21. The minimum Gasteiger partial charge on any atom is -0.497 e. The van der Waals surface area contributed by atoms with Gasteiger partial charge in [0.05, 0.1) is 24.7 Å². The number of amides is 1. The molecule has 0 aliphatic carbocycles. The Balaban J connectivity index is 1.50. The highest BCUT2D eigenvalue weighted by molar-refractivity contribution is 5.90. The van der Waals surface area contributed by atoms with E-state index in [-0.39, 0.29) is 28.9 Å². The molecule has 1 saturated heterocycles. The number of ether oxygens (including phenoxy) is 2. The van der Waals surface area contributed by atoms with Crippen molar-refractivity contribution in [2.45, 2.75) is 78.7 Å². The normalized spacial score (nSPS) is 17.9. The lowest BCUT2D eigenvalue weighted by Gasteiger charge is -2.39. The van der Waals surface area contributed by atoms with Gasteiger partial charge < -0.3 is 23.6 Å². The van der Waals surface area contributed by atoms with Crippen LogP contribution in [-0.4, -0.2) is 31.8 Å². The molecule has 3 heterocycles. The maximum atomic E-state index is 13.2. The zero-order valence-electron chi connectivity index (χ0n) is 24.2. The van der Waals surface area contributed by atoms with Gasteiger partial charge >= 0.3 is 0 Å². The molecule has 1 aliphatic heterocycles. The first kappa shape index (κ1) is 28.9. The van der Waals surface area contributed by atoms with Crippen LogP contribution in [0, 0.1) is 24.7 Å². The summed E-state index contributed by atoms with van der Waals surface area (Å²) < 4.78 is 23.2. The number of fused-ring (bicyclic) bond motifs is 1. The van der Waals surface area contributed by atoms with Gasteiger partial charge in [0.1, 0.15) is 17.3 Å². The van der Waals surface area contributed by atoms with Gasteiger partial charge in [0.25, 0.3) is 0 Å². The van der Waals surface area contributed by atoms with E-state index < -0.39 is 0 Å². The molecule has 0 saturated carbocycles. The van der Waals surface area contributed by atoms with Gasteiger partial charge in [-0.25, -0.2) is 0 Å². The summed E-state index contributed by atoms with van der Waals surface area (Å²) in [5.41, 5.74) is 1.44. The highest BCUT2D eigenvalue weighted by atomic mass is 16.5. The Morgan fingerprint density at radius 3 is 2.51 bits per heavy atom. The number of rotatable bonds is 11. The zero-order chi connectivity index (χ0) is 28.2. The van der Waals surface area contributed by atoms with Crippen molar-refractivity contribution in [3.63, 3.8) is 0 Å².